The van der Waals surface area contributed by atoms with Gasteiger partial charge in [-0.05, 0) is 42.4 Å². The zero-order valence-electron chi connectivity index (χ0n) is 12.9. The third-order valence-corrected chi connectivity index (χ3v) is 3.48. The molecular weight excluding hydrogens is 234 g/mol. The van der Waals surface area contributed by atoms with Crippen LogP contribution in [-0.2, 0) is 13.0 Å². The fraction of sp³-hybridized carbons (Fsp3) is 0.588. The van der Waals surface area contributed by atoms with E-state index in [4.69, 9.17) is 5.73 Å². The van der Waals surface area contributed by atoms with Crippen LogP contribution in [0.1, 0.15) is 61.2 Å². The van der Waals surface area contributed by atoms with Crippen molar-refractivity contribution < 1.29 is 4.79 Å². The Morgan fingerprint density at radius 1 is 1.21 bits per heavy atom. The van der Waals surface area contributed by atoms with E-state index in [2.05, 4.69) is 26.0 Å². The number of carbonyl (C=O) groups excluding carboxylic acids is 1. The minimum absolute atomic E-state index is 0.0190. The maximum atomic E-state index is 12.3. The van der Waals surface area contributed by atoms with Gasteiger partial charge < -0.3 is 5.73 Å². The Kier molecular flexibility index (Phi) is 5.74. The Morgan fingerprint density at radius 3 is 2.32 bits per heavy atom. The van der Waals surface area contributed by atoms with Crippen LogP contribution in [0.25, 0.3) is 0 Å². The molecule has 1 rings (SSSR count). The number of benzene rings is 1. The van der Waals surface area contributed by atoms with Gasteiger partial charge in [0.15, 0.2) is 5.78 Å². The third-order valence-electron chi connectivity index (χ3n) is 3.48. The summed E-state index contributed by atoms with van der Waals surface area (Å²) in [6.45, 7) is 10.8. The van der Waals surface area contributed by atoms with E-state index in [9.17, 15) is 4.79 Å². The number of aryl methyl sites for hydroxylation is 2. The lowest BCUT2D eigenvalue weighted by atomic mass is 9.89. The SMILES string of the molecule is Cc1cc(CCC(C)C)cc(CN)c1C(=O)C(C)C. The fourth-order valence-electron chi connectivity index (χ4n) is 2.34. The molecule has 19 heavy (non-hydrogen) atoms. The topological polar surface area (TPSA) is 43.1 Å². The Morgan fingerprint density at radius 2 is 1.84 bits per heavy atom. The number of nitrogens with two attached hydrogens (primary N) is 1. The van der Waals surface area contributed by atoms with Crippen LogP contribution < -0.4 is 5.73 Å². The summed E-state index contributed by atoms with van der Waals surface area (Å²) in [5, 5.41) is 0. The Balaban J connectivity index is 3.11. The van der Waals surface area contributed by atoms with Gasteiger partial charge in [-0.15, -0.1) is 0 Å². The number of Topliss-reactive ketones (excluding diaryl/α,β-unsaturated/α-hetero) is 1. The van der Waals surface area contributed by atoms with E-state index in [1.54, 1.807) is 0 Å². The van der Waals surface area contributed by atoms with Crippen molar-refractivity contribution in [2.24, 2.45) is 17.6 Å². The van der Waals surface area contributed by atoms with Crippen LogP contribution in [0.4, 0.5) is 0 Å². The summed E-state index contributed by atoms with van der Waals surface area (Å²) in [6, 6.07) is 4.27. The van der Waals surface area contributed by atoms with Crippen molar-refractivity contribution in [3.8, 4) is 0 Å². The number of rotatable bonds is 6. The second kappa shape index (κ2) is 6.85. The van der Waals surface area contributed by atoms with E-state index in [1.165, 1.54) is 12.0 Å². The predicted octanol–water partition coefficient (Wildman–Crippen LogP) is 3.88. The molecule has 0 saturated carbocycles. The van der Waals surface area contributed by atoms with Gasteiger partial charge in [0.1, 0.15) is 0 Å². The lowest BCUT2D eigenvalue weighted by Crippen LogP contribution is -2.15. The Hall–Kier alpha value is -1.15. The molecule has 1 aromatic rings. The first-order chi connectivity index (χ1) is 8.86. The molecule has 0 atom stereocenters. The number of carbonyl (C=O) groups is 1. The summed E-state index contributed by atoms with van der Waals surface area (Å²) in [6.07, 6.45) is 2.22. The molecule has 0 aliphatic heterocycles. The smallest absolute Gasteiger partial charge is 0.165 e. The minimum atomic E-state index is 0.0190. The fourth-order valence-corrected chi connectivity index (χ4v) is 2.34. The summed E-state index contributed by atoms with van der Waals surface area (Å²) >= 11 is 0. The maximum Gasteiger partial charge on any atom is 0.165 e. The molecule has 0 fully saturated rings. The molecule has 0 spiro atoms. The zero-order valence-corrected chi connectivity index (χ0v) is 12.9. The van der Waals surface area contributed by atoms with E-state index in [0.29, 0.717) is 12.5 Å². The number of hydrogen-bond acceptors (Lipinski definition) is 2. The minimum Gasteiger partial charge on any atom is -0.326 e. The largest absolute Gasteiger partial charge is 0.326 e. The first-order valence-electron chi connectivity index (χ1n) is 7.23. The average molecular weight is 261 g/mol. The van der Waals surface area contributed by atoms with Crippen molar-refractivity contribution >= 4 is 5.78 Å². The highest BCUT2D eigenvalue weighted by molar-refractivity contribution is 6.00. The van der Waals surface area contributed by atoms with Gasteiger partial charge in [-0.25, -0.2) is 0 Å². The molecule has 0 aromatic heterocycles. The molecule has 1 aromatic carbocycles. The van der Waals surface area contributed by atoms with Gasteiger partial charge in [0.25, 0.3) is 0 Å². The average Bonchev–Trinajstić information content (AvgIpc) is 2.34. The summed E-state index contributed by atoms with van der Waals surface area (Å²) in [4.78, 5) is 12.3. The highest BCUT2D eigenvalue weighted by Crippen LogP contribution is 2.22. The van der Waals surface area contributed by atoms with Gasteiger partial charge in [-0.1, -0.05) is 39.8 Å². The van der Waals surface area contributed by atoms with E-state index in [0.717, 1.165) is 23.1 Å². The van der Waals surface area contributed by atoms with Gasteiger partial charge in [0, 0.05) is 18.0 Å². The Labute approximate surface area is 117 Å². The van der Waals surface area contributed by atoms with Crippen LogP contribution in [0, 0.1) is 18.8 Å². The first kappa shape index (κ1) is 15.9. The number of hydrogen-bond donors (Lipinski definition) is 1. The van der Waals surface area contributed by atoms with E-state index in [1.807, 2.05) is 20.8 Å². The molecule has 0 aliphatic rings. The number of ketones is 1. The van der Waals surface area contributed by atoms with Crippen molar-refractivity contribution in [3.63, 3.8) is 0 Å². The highest BCUT2D eigenvalue weighted by atomic mass is 16.1. The van der Waals surface area contributed by atoms with Gasteiger partial charge in [-0.2, -0.15) is 0 Å². The van der Waals surface area contributed by atoms with Crippen molar-refractivity contribution in [2.75, 3.05) is 0 Å². The molecule has 0 amide bonds. The highest BCUT2D eigenvalue weighted by Gasteiger charge is 2.17. The quantitative estimate of drug-likeness (QED) is 0.790. The molecule has 0 aliphatic carbocycles. The van der Waals surface area contributed by atoms with Crippen LogP contribution in [-0.4, -0.2) is 5.78 Å². The van der Waals surface area contributed by atoms with Crippen LogP contribution in [0.3, 0.4) is 0 Å². The second-order valence-electron chi connectivity index (χ2n) is 6.10. The van der Waals surface area contributed by atoms with E-state index in [-0.39, 0.29) is 11.7 Å². The van der Waals surface area contributed by atoms with Crippen molar-refractivity contribution in [1.82, 2.24) is 0 Å². The van der Waals surface area contributed by atoms with Gasteiger partial charge in [0.2, 0.25) is 0 Å². The molecule has 0 heterocycles. The normalized spacial score (nSPS) is 11.4. The molecule has 0 radical (unpaired) electrons. The van der Waals surface area contributed by atoms with Crippen LogP contribution in [0.5, 0.6) is 0 Å². The van der Waals surface area contributed by atoms with Gasteiger partial charge in [0.05, 0.1) is 0 Å². The van der Waals surface area contributed by atoms with Gasteiger partial charge in [-0.3, -0.25) is 4.79 Å². The lowest BCUT2D eigenvalue weighted by Gasteiger charge is -2.15. The van der Waals surface area contributed by atoms with Gasteiger partial charge >= 0.3 is 0 Å². The Bertz CT molecular complexity index is 447. The van der Waals surface area contributed by atoms with E-state index >= 15 is 0 Å². The van der Waals surface area contributed by atoms with Crippen LogP contribution in [0.15, 0.2) is 12.1 Å². The van der Waals surface area contributed by atoms with Crippen molar-refractivity contribution in [2.45, 2.75) is 54.0 Å². The first-order valence-corrected chi connectivity index (χ1v) is 7.23. The molecule has 2 heteroatoms. The van der Waals surface area contributed by atoms with E-state index < -0.39 is 0 Å². The van der Waals surface area contributed by atoms with Crippen LogP contribution in [0.2, 0.25) is 0 Å². The molecule has 106 valence electrons. The molecule has 2 N–H and O–H groups in total. The van der Waals surface area contributed by atoms with Crippen molar-refractivity contribution in [1.29, 1.82) is 0 Å². The monoisotopic (exact) mass is 261 g/mol. The molecule has 0 saturated heterocycles. The third kappa shape index (κ3) is 4.17. The standard InChI is InChI=1S/C17H27NO/c1-11(2)6-7-14-8-13(5)16(15(9-14)10-18)17(19)12(3)4/h8-9,11-12H,6-7,10,18H2,1-5H3. The summed E-state index contributed by atoms with van der Waals surface area (Å²) in [5.41, 5.74) is 10.0. The molecular formula is C17H27NO. The molecule has 0 unspecified atom stereocenters. The van der Waals surface area contributed by atoms with Crippen molar-refractivity contribution in [3.05, 3.63) is 34.4 Å². The summed E-state index contributed by atoms with van der Waals surface area (Å²) in [7, 11) is 0. The van der Waals surface area contributed by atoms with Crippen LogP contribution >= 0.6 is 0 Å². The predicted molar refractivity (Wildman–Crippen MR) is 81.4 cm³/mol. The molecule has 0 bridgehead atoms. The molecule has 2 nitrogen and oxygen atoms in total. The second-order valence-corrected chi connectivity index (χ2v) is 6.10. The summed E-state index contributed by atoms with van der Waals surface area (Å²) in [5.74, 6) is 0.914. The zero-order chi connectivity index (χ0) is 14.6. The lowest BCUT2D eigenvalue weighted by molar-refractivity contribution is 0.0938. The summed E-state index contributed by atoms with van der Waals surface area (Å²) < 4.78 is 0. The maximum absolute atomic E-state index is 12.3.